The monoisotopic (exact) mass is 260 g/mol. The molecule has 1 aliphatic heterocycles. The van der Waals surface area contributed by atoms with E-state index in [-0.39, 0.29) is 0 Å². The van der Waals surface area contributed by atoms with Crippen molar-refractivity contribution in [1.82, 2.24) is 4.98 Å². The number of aliphatic hydroxyl groups excluding tert-OH is 1. The summed E-state index contributed by atoms with van der Waals surface area (Å²) in [6.45, 7) is 4.06. The van der Waals surface area contributed by atoms with Gasteiger partial charge in [-0.2, -0.15) is 0 Å². The Balaban J connectivity index is 1.64. The standard InChI is InChI=1S/C16H24N2O/c1-13(19)14-4-5-15(17-12-14)18-10-8-16(9-11-18)6-2-3-7-16/h4-5,12-13,19H,2-3,6-11H2,1H3/t13-/m0/s1. The van der Waals surface area contributed by atoms with Crippen molar-refractivity contribution in [2.24, 2.45) is 5.41 Å². The fourth-order valence-corrected chi connectivity index (χ4v) is 3.67. The highest BCUT2D eigenvalue weighted by molar-refractivity contribution is 5.40. The normalized spacial score (nSPS) is 23.8. The summed E-state index contributed by atoms with van der Waals surface area (Å²) in [6.07, 6.45) is 9.77. The Labute approximate surface area is 115 Å². The molecule has 1 N–H and O–H groups in total. The van der Waals surface area contributed by atoms with Crippen molar-refractivity contribution in [2.45, 2.75) is 51.6 Å². The second-order valence-corrected chi connectivity index (χ2v) is 6.32. The molecule has 1 aromatic heterocycles. The van der Waals surface area contributed by atoms with Gasteiger partial charge < -0.3 is 10.0 Å². The molecule has 1 spiro atoms. The minimum atomic E-state index is -0.426. The molecule has 3 heteroatoms. The number of hydrogen-bond donors (Lipinski definition) is 1. The van der Waals surface area contributed by atoms with Gasteiger partial charge in [-0.3, -0.25) is 0 Å². The molecule has 2 aliphatic rings. The highest BCUT2D eigenvalue weighted by atomic mass is 16.3. The Hall–Kier alpha value is -1.09. The first-order valence-electron chi connectivity index (χ1n) is 7.58. The summed E-state index contributed by atoms with van der Waals surface area (Å²) in [7, 11) is 0. The summed E-state index contributed by atoms with van der Waals surface area (Å²) in [4.78, 5) is 6.90. The van der Waals surface area contributed by atoms with Crippen LogP contribution in [0.4, 0.5) is 5.82 Å². The Morgan fingerprint density at radius 2 is 1.84 bits per heavy atom. The van der Waals surface area contributed by atoms with E-state index in [1.54, 1.807) is 13.1 Å². The molecule has 3 rings (SSSR count). The van der Waals surface area contributed by atoms with E-state index in [0.29, 0.717) is 5.41 Å². The Kier molecular flexibility index (Phi) is 3.48. The number of aromatic nitrogens is 1. The van der Waals surface area contributed by atoms with Crippen LogP contribution in [0.1, 0.15) is 57.1 Å². The summed E-state index contributed by atoms with van der Waals surface area (Å²) in [6, 6.07) is 4.04. The average molecular weight is 260 g/mol. The molecule has 19 heavy (non-hydrogen) atoms. The highest BCUT2D eigenvalue weighted by Crippen LogP contribution is 2.46. The third-order valence-electron chi connectivity index (χ3n) is 5.07. The Bertz CT molecular complexity index is 411. The van der Waals surface area contributed by atoms with Gasteiger partial charge >= 0.3 is 0 Å². The van der Waals surface area contributed by atoms with Gasteiger partial charge in [-0.25, -0.2) is 4.98 Å². The maximum atomic E-state index is 9.51. The molecular formula is C16H24N2O. The number of anilines is 1. The van der Waals surface area contributed by atoms with Gasteiger partial charge in [0.15, 0.2) is 0 Å². The average Bonchev–Trinajstić information content (AvgIpc) is 2.88. The molecule has 104 valence electrons. The lowest BCUT2D eigenvalue weighted by Crippen LogP contribution is -2.39. The molecule has 1 aromatic rings. The lowest BCUT2D eigenvalue weighted by Gasteiger charge is -2.40. The molecule has 0 radical (unpaired) electrons. The fourth-order valence-electron chi connectivity index (χ4n) is 3.67. The van der Waals surface area contributed by atoms with E-state index < -0.39 is 6.10 Å². The zero-order valence-corrected chi connectivity index (χ0v) is 11.8. The van der Waals surface area contributed by atoms with Gasteiger partial charge in [0, 0.05) is 19.3 Å². The number of rotatable bonds is 2. The van der Waals surface area contributed by atoms with Gasteiger partial charge in [0.05, 0.1) is 6.10 Å². The smallest absolute Gasteiger partial charge is 0.128 e. The number of piperidine rings is 1. The zero-order chi connectivity index (χ0) is 13.3. The van der Waals surface area contributed by atoms with Crippen LogP contribution in [0.3, 0.4) is 0 Å². The molecule has 1 saturated heterocycles. The van der Waals surface area contributed by atoms with Crippen molar-refractivity contribution < 1.29 is 5.11 Å². The minimum absolute atomic E-state index is 0.426. The molecule has 1 aliphatic carbocycles. The summed E-state index contributed by atoms with van der Waals surface area (Å²) < 4.78 is 0. The summed E-state index contributed by atoms with van der Waals surface area (Å²) in [5.74, 6) is 1.07. The highest BCUT2D eigenvalue weighted by Gasteiger charge is 2.37. The third kappa shape index (κ3) is 2.62. The van der Waals surface area contributed by atoms with E-state index in [2.05, 4.69) is 16.0 Å². The van der Waals surface area contributed by atoms with E-state index in [1.807, 2.05) is 6.07 Å². The summed E-state index contributed by atoms with van der Waals surface area (Å²) in [5.41, 5.74) is 1.56. The van der Waals surface area contributed by atoms with E-state index in [1.165, 1.54) is 38.5 Å². The second kappa shape index (κ2) is 5.12. The number of pyridine rings is 1. The molecule has 1 atom stereocenters. The lowest BCUT2D eigenvalue weighted by molar-refractivity contribution is 0.199. The maximum absolute atomic E-state index is 9.51. The quantitative estimate of drug-likeness (QED) is 0.886. The molecule has 0 amide bonds. The van der Waals surface area contributed by atoms with E-state index in [9.17, 15) is 5.11 Å². The van der Waals surface area contributed by atoms with Crippen LogP contribution in [0.5, 0.6) is 0 Å². The Morgan fingerprint density at radius 3 is 2.37 bits per heavy atom. The first-order chi connectivity index (χ1) is 9.19. The number of nitrogens with zero attached hydrogens (tertiary/aromatic N) is 2. The molecule has 1 saturated carbocycles. The van der Waals surface area contributed by atoms with Gasteiger partial charge in [-0.05, 0) is 49.7 Å². The molecule has 3 nitrogen and oxygen atoms in total. The van der Waals surface area contributed by atoms with Crippen molar-refractivity contribution in [3.05, 3.63) is 23.9 Å². The largest absolute Gasteiger partial charge is 0.389 e. The first-order valence-corrected chi connectivity index (χ1v) is 7.58. The van der Waals surface area contributed by atoms with Crippen LogP contribution >= 0.6 is 0 Å². The SMILES string of the molecule is C[C@H](O)c1ccc(N2CCC3(CCCC3)CC2)nc1. The van der Waals surface area contributed by atoms with Crippen LogP contribution in [-0.2, 0) is 0 Å². The molecule has 0 aromatic carbocycles. The van der Waals surface area contributed by atoms with Gasteiger partial charge in [0.1, 0.15) is 5.82 Å². The number of aliphatic hydroxyl groups is 1. The molecule has 0 bridgehead atoms. The van der Waals surface area contributed by atoms with Crippen LogP contribution in [0.2, 0.25) is 0 Å². The van der Waals surface area contributed by atoms with E-state index in [0.717, 1.165) is 24.5 Å². The van der Waals surface area contributed by atoms with E-state index >= 15 is 0 Å². The summed E-state index contributed by atoms with van der Waals surface area (Å²) >= 11 is 0. The van der Waals surface area contributed by atoms with Gasteiger partial charge in [0.25, 0.3) is 0 Å². The van der Waals surface area contributed by atoms with Crippen LogP contribution in [0.25, 0.3) is 0 Å². The van der Waals surface area contributed by atoms with Crippen molar-refractivity contribution in [1.29, 1.82) is 0 Å². The van der Waals surface area contributed by atoms with Crippen LogP contribution in [0, 0.1) is 5.41 Å². The van der Waals surface area contributed by atoms with Crippen molar-refractivity contribution in [3.63, 3.8) is 0 Å². The van der Waals surface area contributed by atoms with Gasteiger partial charge in [-0.1, -0.05) is 18.9 Å². The minimum Gasteiger partial charge on any atom is -0.389 e. The predicted octanol–water partition coefficient (Wildman–Crippen LogP) is 3.30. The van der Waals surface area contributed by atoms with Crippen molar-refractivity contribution in [3.8, 4) is 0 Å². The van der Waals surface area contributed by atoms with Crippen molar-refractivity contribution in [2.75, 3.05) is 18.0 Å². The zero-order valence-electron chi connectivity index (χ0n) is 11.8. The third-order valence-corrected chi connectivity index (χ3v) is 5.07. The molecular weight excluding hydrogens is 236 g/mol. The predicted molar refractivity (Wildman–Crippen MR) is 77.2 cm³/mol. The van der Waals surface area contributed by atoms with Crippen LogP contribution < -0.4 is 4.90 Å². The van der Waals surface area contributed by atoms with Gasteiger partial charge in [-0.15, -0.1) is 0 Å². The maximum Gasteiger partial charge on any atom is 0.128 e. The summed E-state index contributed by atoms with van der Waals surface area (Å²) in [5, 5.41) is 9.51. The van der Waals surface area contributed by atoms with E-state index in [4.69, 9.17) is 0 Å². The first kappa shape index (κ1) is 12.9. The fraction of sp³-hybridized carbons (Fsp3) is 0.688. The molecule has 2 fully saturated rings. The second-order valence-electron chi connectivity index (χ2n) is 6.32. The number of hydrogen-bond acceptors (Lipinski definition) is 3. The molecule has 2 heterocycles. The van der Waals surface area contributed by atoms with Crippen LogP contribution in [-0.4, -0.2) is 23.2 Å². The lowest BCUT2D eigenvalue weighted by atomic mass is 9.77. The topological polar surface area (TPSA) is 36.4 Å². The Morgan fingerprint density at radius 1 is 1.16 bits per heavy atom. The van der Waals surface area contributed by atoms with Crippen molar-refractivity contribution >= 4 is 5.82 Å². The van der Waals surface area contributed by atoms with Gasteiger partial charge in [0.2, 0.25) is 0 Å². The van der Waals surface area contributed by atoms with Crippen LogP contribution in [0.15, 0.2) is 18.3 Å². The molecule has 0 unspecified atom stereocenters.